The van der Waals surface area contributed by atoms with Crippen molar-refractivity contribution in [2.75, 3.05) is 20.0 Å². The summed E-state index contributed by atoms with van der Waals surface area (Å²) in [5.41, 5.74) is 7.29. The van der Waals surface area contributed by atoms with Crippen LogP contribution in [0.25, 0.3) is 5.69 Å². The molecule has 0 fully saturated rings. The Morgan fingerprint density at radius 1 is 1.11 bits per heavy atom. The summed E-state index contributed by atoms with van der Waals surface area (Å²) in [6.07, 6.45) is 0. The largest absolute Gasteiger partial charge is 0.493 e. The Morgan fingerprint density at radius 2 is 1.72 bits per heavy atom. The van der Waals surface area contributed by atoms with Crippen molar-refractivity contribution in [2.24, 2.45) is 0 Å². The van der Waals surface area contributed by atoms with E-state index in [-0.39, 0.29) is 0 Å². The van der Waals surface area contributed by atoms with E-state index in [9.17, 15) is 0 Å². The third kappa shape index (κ3) is 1.97. The van der Waals surface area contributed by atoms with E-state index in [1.807, 2.05) is 13.8 Å². The van der Waals surface area contributed by atoms with E-state index >= 15 is 0 Å². The van der Waals surface area contributed by atoms with Crippen molar-refractivity contribution in [1.82, 2.24) is 14.8 Å². The summed E-state index contributed by atoms with van der Waals surface area (Å²) in [5.74, 6) is 2.66. The average Bonchev–Trinajstić information content (AvgIpc) is 2.68. The lowest BCUT2D eigenvalue weighted by Gasteiger charge is -2.12. The molecule has 18 heavy (non-hydrogen) atoms. The van der Waals surface area contributed by atoms with Gasteiger partial charge in [-0.15, -0.1) is 0 Å². The van der Waals surface area contributed by atoms with Crippen molar-refractivity contribution < 1.29 is 9.47 Å². The maximum Gasteiger partial charge on any atom is 0.163 e. The minimum absolute atomic E-state index is 0.556. The molecule has 0 spiro atoms. The number of anilines is 1. The van der Waals surface area contributed by atoms with Gasteiger partial charge in [0.05, 0.1) is 25.6 Å². The van der Waals surface area contributed by atoms with Crippen LogP contribution < -0.4 is 15.2 Å². The van der Waals surface area contributed by atoms with Crippen molar-refractivity contribution >= 4 is 5.69 Å². The van der Waals surface area contributed by atoms with Crippen LogP contribution in [0.15, 0.2) is 12.1 Å². The first-order valence-electron chi connectivity index (χ1n) is 5.49. The lowest BCUT2D eigenvalue weighted by Crippen LogP contribution is -2.05. The highest BCUT2D eigenvalue weighted by molar-refractivity contribution is 5.65. The predicted octanol–water partition coefficient (Wildman–Crippen LogP) is 1.48. The zero-order valence-electron chi connectivity index (χ0n) is 10.9. The molecule has 0 atom stereocenters. The van der Waals surface area contributed by atoms with E-state index in [1.54, 1.807) is 31.0 Å². The van der Waals surface area contributed by atoms with Crippen molar-refractivity contribution in [3.63, 3.8) is 0 Å². The smallest absolute Gasteiger partial charge is 0.163 e. The molecule has 2 rings (SSSR count). The van der Waals surface area contributed by atoms with Crippen molar-refractivity contribution in [2.45, 2.75) is 13.8 Å². The molecule has 0 aliphatic rings. The molecule has 1 aromatic heterocycles. The standard InChI is InChI=1S/C12H16N4O2/c1-7-14-8(2)16(15-7)10-6-12(18-4)11(17-3)5-9(10)13/h5-6H,13H2,1-4H3. The molecule has 2 aromatic rings. The summed E-state index contributed by atoms with van der Waals surface area (Å²) in [7, 11) is 3.15. The van der Waals surface area contributed by atoms with Crippen LogP contribution in [0, 0.1) is 13.8 Å². The molecule has 2 N–H and O–H groups in total. The number of nitrogens with zero attached hydrogens (tertiary/aromatic N) is 3. The Morgan fingerprint density at radius 3 is 2.22 bits per heavy atom. The minimum atomic E-state index is 0.556. The third-order valence-corrected chi connectivity index (χ3v) is 2.64. The number of benzene rings is 1. The molecule has 0 bridgehead atoms. The Balaban J connectivity index is 2.61. The van der Waals surface area contributed by atoms with Gasteiger partial charge in [-0.2, -0.15) is 5.10 Å². The van der Waals surface area contributed by atoms with Gasteiger partial charge in [-0.1, -0.05) is 0 Å². The number of methoxy groups -OCH3 is 2. The summed E-state index contributed by atoms with van der Waals surface area (Å²) >= 11 is 0. The molecule has 0 aliphatic heterocycles. The van der Waals surface area contributed by atoms with Crippen LogP contribution in [0.2, 0.25) is 0 Å². The van der Waals surface area contributed by atoms with Crippen LogP contribution in [-0.2, 0) is 0 Å². The van der Waals surface area contributed by atoms with Gasteiger partial charge in [0.1, 0.15) is 11.6 Å². The number of rotatable bonds is 3. The van der Waals surface area contributed by atoms with Crippen LogP contribution in [0.4, 0.5) is 5.69 Å². The summed E-state index contributed by atoms with van der Waals surface area (Å²) in [4.78, 5) is 4.25. The van der Waals surface area contributed by atoms with E-state index in [4.69, 9.17) is 15.2 Å². The molecule has 0 saturated carbocycles. The number of nitrogens with two attached hydrogens (primary N) is 1. The molecule has 0 amide bonds. The molecule has 6 heteroatoms. The first kappa shape index (κ1) is 12.2. The molecule has 0 radical (unpaired) electrons. The highest BCUT2D eigenvalue weighted by atomic mass is 16.5. The summed E-state index contributed by atoms with van der Waals surface area (Å²) in [6, 6.07) is 3.50. The Kier molecular flexibility index (Phi) is 3.10. The van der Waals surface area contributed by atoms with Gasteiger partial charge >= 0.3 is 0 Å². The topological polar surface area (TPSA) is 75.2 Å². The van der Waals surface area contributed by atoms with E-state index in [2.05, 4.69) is 10.1 Å². The quantitative estimate of drug-likeness (QED) is 0.833. The first-order valence-corrected chi connectivity index (χ1v) is 5.49. The molecule has 0 saturated heterocycles. The van der Waals surface area contributed by atoms with Gasteiger partial charge in [0.15, 0.2) is 11.5 Å². The van der Waals surface area contributed by atoms with E-state index < -0.39 is 0 Å². The number of hydrogen-bond donors (Lipinski definition) is 1. The summed E-state index contributed by atoms with van der Waals surface area (Å²) in [5, 5.41) is 4.30. The fraction of sp³-hybridized carbons (Fsp3) is 0.333. The molecule has 1 heterocycles. The van der Waals surface area contributed by atoms with Crippen LogP contribution in [0.5, 0.6) is 11.5 Å². The molecular formula is C12H16N4O2. The number of aryl methyl sites for hydroxylation is 2. The van der Waals surface area contributed by atoms with Crippen LogP contribution >= 0.6 is 0 Å². The number of aromatic nitrogens is 3. The van der Waals surface area contributed by atoms with Gasteiger partial charge in [-0.3, -0.25) is 0 Å². The second-order valence-corrected chi connectivity index (χ2v) is 3.88. The number of nitrogen functional groups attached to an aromatic ring is 1. The lowest BCUT2D eigenvalue weighted by molar-refractivity contribution is 0.355. The van der Waals surface area contributed by atoms with Crippen LogP contribution in [-0.4, -0.2) is 29.0 Å². The van der Waals surface area contributed by atoms with Crippen LogP contribution in [0.3, 0.4) is 0 Å². The Bertz CT molecular complexity index is 578. The summed E-state index contributed by atoms with van der Waals surface area (Å²) < 4.78 is 12.1. The zero-order chi connectivity index (χ0) is 13.3. The van der Waals surface area contributed by atoms with E-state index in [0.29, 0.717) is 23.0 Å². The van der Waals surface area contributed by atoms with Gasteiger partial charge in [0.25, 0.3) is 0 Å². The second kappa shape index (κ2) is 4.56. The van der Waals surface area contributed by atoms with E-state index in [0.717, 1.165) is 11.5 Å². The van der Waals surface area contributed by atoms with Crippen molar-refractivity contribution in [1.29, 1.82) is 0 Å². The monoisotopic (exact) mass is 248 g/mol. The fourth-order valence-electron chi connectivity index (χ4n) is 1.82. The number of hydrogen-bond acceptors (Lipinski definition) is 5. The molecular weight excluding hydrogens is 232 g/mol. The Hall–Kier alpha value is -2.24. The summed E-state index contributed by atoms with van der Waals surface area (Å²) in [6.45, 7) is 3.70. The normalized spacial score (nSPS) is 10.4. The predicted molar refractivity (Wildman–Crippen MR) is 68.3 cm³/mol. The first-order chi connectivity index (χ1) is 8.56. The van der Waals surface area contributed by atoms with Crippen molar-refractivity contribution in [3.8, 4) is 17.2 Å². The third-order valence-electron chi connectivity index (χ3n) is 2.64. The maximum atomic E-state index is 6.01. The molecule has 6 nitrogen and oxygen atoms in total. The van der Waals surface area contributed by atoms with Crippen molar-refractivity contribution in [3.05, 3.63) is 23.8 Å². The molecule has 0 aliphatic carbocycles. The average molecular weight is 248 g/mol. The van der Waals surface area contributed by atoms with Gasteiger partial charge < -0.3 is 15.2 Å². The lowest BCUT2D eigenvalue weighted by atomic mass is 10.2. The highest BCUT2D eigenvalue weighted by Gasteiger charge is 2.13. The van der Waals surface area contributed by atoms with Gasteiger partial charge in [0.2, 0.25) is 0 Å². The number of ether oxygens (including phenoxy) is 2. The van der Waals surface area contributed by atoms with Gasteiger partial charge in [-0.25, -0.2) is 9.67 Å². The Labute approximate surface area is 105 Å². The van der Waals surface area contributed by atoms with Gasteiger partial charge in [-0.05, 0) is 13.8 Å². The minimum Gasteiger partial charge on any atom is -0.493 e. The second-order valence-electron chi connectivity index (χ2n) is 3.88. The molecule has 96 valence electrons. The molecule has 0 unspecified atom stereocenters. The maximum absolute atomic E-state index is 6.01. The van der Waals surface area contributed by atoms with Crippen LogP contribution in [0.1, 0.15) is 11.6 Å². The van der Waals surface area contributed by atoms with E-state index in [1.165, 1.54) is 0 Å². The fourth-order valence-corrected chi connectivity index (χ4v) is 1.82. The zero-order valence-corrected chi connectivity index (χ0v) is 10.9. The molecule has 1 aromatic carbocycles. The van der Waals surface area contributed by atoms with Gasteiger partial charge in [0, 0.05) is 12.1 Å². The SMILES string of the molecule is COc1cc(N)c(-n2nc(C)nc2C)cc1OC. The highest BCUT2D eigenvalue weighted by Crippen LogP contribution is 2.33.